The van der Waals surface area contributed by atoms with Gasteiger partial charge in [0, 0.05) is 17.6 Å². The molecule has 2 aromatic heterocycles. The molecule has 34 heavy (non-hydrogen) atoms. The Kier molecular flexibility index (Phi) is 6.13. The number of aromatic nitrogens is 5. The fourth-order valence-corrected chi connectivity index (χ4v) is 4.75. The van der Waals surface area contributed by atoms with E-state index >= 15 is 0 Å². The van der Waals surface area contributed by atoms with Crippen molar-refractivity contribution in [3.05, 3.63) is 54.4 Å². The summed E-state index contributed by atoms with van der Waals surface area (Å²) in [5.74, 6) is 0.111. The number of ether oxygens (including phenoxy) is 2. The lowest BCUT2D eigenvalue weighted by Crippen LogP contribution is -2.17. The highest BCUT2D eigenvalue weighted by Gasteiger charge is 2.36. The van der Waals surface area contributed by atoms with Crippen LogP contribution in [0.1, 0.15) is 18.7 Å². The molecule has 1 aliphatic heterocycles. The maximum Gasteiger partial charge on any atom is 0.451 e. The van der Waals surface area contributed by atoms with Gasteiger partial charge in [-0.1, -0.05) is 18.2 Å². The number of nitrogens with zero attached hydrogens (tertiary/aromatic N) is 5. The minimum absolute atomic E-state index is 0.0276. The first-order valence-electron chi connectivity index (χ1n) is 10.6. The zero-order chi connectivity index (χ0) is 23.7. The third-order valence-corrected chi connectivity index (χ3v) is 6.47. The maximum atomic E-state index is 13.5. The van der Waals surface area contributed by atoms with Crippen molar-refractivity contribution < 1.29 is 22.6 Å². The highest BCUT2D eigenvalue weighted by atomic mass is 32.2. The van der Waals surface area contributed by atoms with Crippen molar-refractivity contribution in [1.82, 2.24) is 24.7 Å². The van der Waals surface area contributed by atoms with Crippen LogP contribution in [-0.2, 0) is 17.5 Å². The second-order valence-electron chi connectivity index (χ2n) is 7.75. The van der Waals surface area contributed by atoms with E-state index in [-0.39, 0.29) is 16.6 Å². The van der Waals surface area contributed by atoms with E-state index in [9.17, 15) is 13.2 Å². The van der Waals surface area contributed by atoms with E-state index in [1.807, 2.05) is 28.8 Å². The highest BCUT2D eigenvalue weighted by Crippen LogP contribution is 2.36. The van der Waals surface area contributed by atoms with Gasteiger partial charge in [0.25, 0.3) is 0 Å². The summed E-state index contributed by atoms with van der Waals surface area (Å²) in [6, 6.07) is 14.0. The Balaban J connectivity index is 1.58. The van der Waals surface area contributed by atoms with Crippen LogP contribution in [0.25, 0.3) is 22.3 Å². The van der Waals surface area contributed by atoms with Crippen molar-refractivity contribution in [2.24, 2.45) is 0 Å². The highest BCUT2D eigenvalue weighted by molar-refractivity contribution is 7.99. The first-order chi connectivity index (χ1) is 16.4. The summed E-state index contributed by atoms with van der Waals surface area (Å²) in [4.78, 5) is 7.54. The van der Waals surface area contributed by atoms with Gasteiger partial charge in [0.1, 0.15) is 10.8 Å². The molecule has 0 unspecified atom stereocenters. The van der Waals surface area contributed by atoms with Crippen LogP contribution in [0.5, 0.6) is 5.75 Å². The second kappa shape index (κ2) is 9.22. The monoisotopic (exact) mass is 487 g/mol. The van der Waals surface area contributed by atoms with Gasteiger partial charge in [-0.05, 0) is 54.9 Å². The van der Waals surface area contributed by atoms with E-state index in [1.54, 1.807) is 25.3 Å². The van der Waals surface area contributed by atoms with Gasteiger partial charge in [0.05, 0.1) is 25.3 Å². The van der Waals surface area contributed by atoms with Crippen molar-refractivity contribution in [2.45, 2.75) is 41.8 Å². The third kappa shape index (κ3) is 4.58. The molecule has 11 heteroatoms. The van der Waals surface area contributed by atoms with Gasteiger partial charge in [0.15, 0.2) is 11.0 Å². The summed E-state index contributed by atoms with van der Waals surface area (Å²) >= 11 is 1.04. The SMILES string of the molecule is COc1ccc(-c2nnc(Sc3nc(C(F)(F)F)nc4ccccc34)n2C[C@H]2CCCO2)cc1. The Labute approximate surface area is 197 Å². The van der Waals surface area contributed by atoms with Crippen LogP contribution in [0.15, 0.2) is 58.7 Å². The number of rotatable bonds is 6. The minimum atomic E-state index is -4.67. The van der Waals surface area contributed by atoms with Gasteiger partial charge in [-0.25, -0.2) is 9.97 Å². The molecule has 0 amide bonds. The number of hydrogen-bond donors (Lipinski definition) is 0. The summed E-state index contributed by atoms with van der Waals surface area (Å²) in [7, 11) is 1.59. The van der Waals surface area contributed by atoms with Gasteiger partial charge in [0.2, 0.25) is 5.82 Å². The van der Waals surface area contributed by atoms with E-state index in [4.69, 9.17) is 9.47 Å². The van der Waals surface area contributed by atoms with Crippen molar-refractivity contribution in [3.63, 3.8) is 0 Å². The number of methoxy groups -OCH3 is 1. The summed E-state index contributed by atoms with van der Waals surface area (Å²) in [6.07, 6.45) is -2.85. The second-order valence-corrected chi connectivity index (χ2v) is 8.71. The topological polar surface area (TPSA) is 75.0 Å². The molecule has 0 bridgehead atoms. The normalized spacial score (nSPS) is 16.3. The first kappa shape index (κ1) is 22.6. The lowest BCUT2D eigenvalue weighted by Gasteiger charge is -2.15. The van der Waals surface area contributed by atoms with E-state index in [2.05, 4.69) is 20.2 Å². The summed E-state index contributed by atoms with van der Waals surface area (Å²) in [6.45, 7) is 1.16. The van der Waals surface area contributed by atoms with Gasteiger partial charge in [-0.2, -0.15) is 13.2 Å². The third-order valence-electron chi connectivity index (χ3n) is 5.49. The van der Waals surface area contributed by atoms with Crippen LogP contribution in [0.4, 0.5) is 13.2 Å². The Morgan fingerprint density at radius 3 is 2.59 bits per heavy atom. The Morgan fingerprint density at radius 1 is 1.09 bits per heavy atom. The molecule has 1 saturated heterocycles. The number of para-hydroxylation sites is 1. The molecule has 0 spiro atoms. The minimum Gasteiger partial charge on any atom is -0.497 e. The Bertz CT molecular complexity index is 1300. The van der Waals surface area contributed by atoms with Crippen molar-refractivity contribution in [1.29, 1.82) is 0 Å². The van der Waals surface area contributed by atoms with Crippen LogP contribution in [0, 0.1) is 0 Å². The molecular formula is C23H20F3N5O2S. The fourth-order valence-electron chi connectivity index (χ4n) is 3.81. The summed E-state index contributed by atoms with van der Waals surface area (Å²) in [5, 5.41) is 9.79. The predicted molar refractivity (Wildman–Crippen MR) is 120 cm³/mol. The van der Waals surface area contributed by atoms with Crippen LogP contribution in [-0.4, -0.2) is 44.6 Å². The summed E-state index contributed by atoms with van der Waals surface area (Å²) < 4.78 is 53.4. The molecule has 1 fully saturated rings. The molecule has 4 aromatic rings. The maximum absolute atomic E-state index is 13.5. The standard InChI is InChI=1S/C23H20F3N5O2S/c1-32-15-10-8-14(9-11-15)19-29-30-22(31(19)13-16-5-4-12-33-16)34-20-17-6-2-3-7-18(17)27-21(28-20)23(24,25)26/h2-3,6-11,16H,4-5,12-13H2,1H3/t16-/m1/s1. The Morgan fingerprint density at radius 2 is 1.88 bits per heavy atom. The molecule has 0 N–H and O–H groups in total. The lowest BCUT2D eigenvalue weighted by molar-refractivity contribution is -0.145. The molecule has 0 radical (unpaired) electrons. The van der Waals surface area contributed by atoms with Gasteiger partial charge in [-0.15, -0.1) is 10.2 Å². The molecule has 0 aliphatic carbocycles. The quantitative estimate of drug-likeness (QED) is 0.344. The molecular weight excluding hydrogens is 467 g/mol. The molecule has 1 atom stereocenters. The molecule has 2 aromatic carbocycles. The fraction of sp³-hybridized carbons (Fsp3) is 0.304. The van der Waals surface area contributed by atoms with Crippen LogP contribution >= 0.6 is 11.8 Å². The average molecular weight is 488 g/mol. The van der Waals surface area contributed by atoms with Crippen LogP contribution in [0.3, 0.4) is 0 Å². The molecule has 176 valence electrons. The molecule has 5 rings (SSSR count). The largest absolute Gasteiger partial charge is 0.497 e. The van der Waals surface area contributed by atoms with Crippen LogP contribution in [0.2, 0.25) is 0 Å². The average Bonchev–Trinajstić information content (AvgIpc) is 3.49. The molecule has 7 nitrogen and oxygen atoms in total. The molecule has 0 saturated carbocycles. The lowest BCUT2D eigenvalue weighted by atomic mass is 10.2. The number of benzene rings is 2. The van der Waals surface area contributed by atoms with E-state index < -0.39 is 12.0 Å². The van der Waals surface area contributed by atoms with E-state index in [0.29, 0.717) is 35.3 Å². The number of halogens is 3. The molecule has 1 aliphatic rings. The summed E-state index contributed by atoms with van der Waals surface area (Å²) in [5.41, 5.74) is 1.02. The zero-order valence-electron chi connectivity index (χ0n) is 18.1. The van der Waals surface area contributed by atoms with Gasteiger partial charge < -0.3 is 9.47 Å². The smallest absolute Gasteiger partial charge is 0.451 e. The number of alkyl halides is 3. The Hall–Kier alpha value is -3.18. The number of hydrogen-bond acceptors (Lipinski definition) is 7. The van der Waals surface area contributed by atoms with E-state index in [1.165, 1.54) is 6.07 Å². The van der Waals surface area contributed by atoms with Gasteiger partial charge in [-0.3, -0.25) is 4.57 Å². The van der Waals surface area contributed by atoms with Crippen molar-refractivity contribution in [2.75, 3.05) is 13.7 Å². The predicted octanol–water partition coefficient (Wildman–Crippen LogP) is 5.25. The zero-order valence-corrected chi connectivity index (χ0v) is 18.9. The molecule has 3 heterocycles. The number of fused-ring (bicyclic) bond motifs is 1. The van der Waals surface area contributed by atoms with Crippen molar-refractivity contribution in [3.8, 4) is 17.1 Å². The van der Waals surface area contributed by atoms with E-state index in [0.717, 1.165) is 30.2 Å². The van der Waals surface area contributed by atoms with Crippen LogP contribution < -0.4 is 4.74 Å². The van der Waals surface area contributed by atoms with Crippen molar-refractivity contribution >= 4 is 22.7 Å². The first-order valence-corrected chi connectivity index (χ1v) is 11.4. The van der Waals surface area contributed by atoms with Gasteiger partial charge >= 0.3 is 6.18 Å².